The van der Waals surface area contributed by atoms with Crippen LogP contribution in [0.5, 0.6) is 0 Å². The van der Waals surface area contributed by atoms with Crippen molar-refractivity contribution < 1.29 is 5.11 Å². The van der Waals surface area contributed by atoms with Crippen molar-refractivity contribution in [3.63, 3.8) is 0 Å². The maximum absolute atomic E-state index is 10.3. The number of hydrogen-bond donors (Lipinski definition) is 1. The quantitative estimate of drug-likeness (QED) is 0.488. The van der Waals surface area contributed by atoms with Crippen LogP contribution in [0.3, 0.4) is 0 Å². The van der Waals surface area contributed by atoms with Gasteiger partial charge in [0.15, 0.2) is 5.60 Å². The van der Waals surface area contributed by atoms with Gasteiger partial charge in [-0.1, -0.05) is 30.3 Å². The molecule has 1 unspecified atom stereocenters. The lowest BCUT2D eigenvalue weighted by Gasteiger charge is -2.19. The highest BCUT2D eigenvalue weighted by Gasteiger charge is 2.27. The van der Waals surface area contributed by atoms with Gasteiger partial charge in [0.2, 0.25) is 0 Å². The third-order valence-electron chi connectivity index (χ3n) is 3.01. The predicted molar refractivity (Wildman–Crippen MR) is 77.0 cm³/mol. The van der Waals surface area contributed by atoms with Gasteiger partial charge in [0.1, 0.15) is 6.07 Å². The van der Waals surface area contributed by atoms with Crippen molar-refractivity contribution in [3.05, 3.63) is 35.9 Å². The zero-order valence-electron chi connectivity index (χ0n) is 11.5. The molecule has 102 valence electrons. The van der Waals surface area contributed by atoms with E-state index in [2.05, 4.69) is 17.9 Å². The van der Waals surface area contributed by atoms with Gasteiger partial charge in [0, 0.05) is 25.7 Å². The molecule has 0 spiro atoms. The summed E-state index contributed by atoms with van der Waals surface area (Å²) >= 11 is 0. The average Bonchev–Trinajstić information content (AvgIpc) is 2.50. The molecule has 20 heavy (non-hydrogen) atoms. The number of aliphatic hydroxyl groups is 1. The van der Waals surface area contributed by atoms with Gasteiger partial charge < -0.3 is 5.11 Å². The highest BCUT2D eigenvalue weighted by molar-refractivity contribution is 5.28. The summed E-state index contributed by atoms with van der Waals surface area (Å²) in [5, 5.41) is 27.8. The van der Waals surface area contributed by atoms with Crippen LogP contribution in [0.4, 0.5) is 0 Å². The summed E-state index contributed by atoms with van der Waals surface area (Å²) in [6.45, 7) is 0. The average molecular weight is 266 g/mol. The van der Waals surface area contributed by atoms with E-state index >= 15 is 0 Å². The fraction of sp³-hybridized carbons (Fsp3) is 0.412. The Balaban J connectivity index is 2.42. The number of nitrogens with zero attached hydrogens (tertiary/aromatic N) is 2. The molecular formula is C17H18N2O. The molecule has 1 N–H and O–H groups in total. The third kappa shape index (κ3) is 5.15. The number of nitriles is 2. The van der Waals surface area contributed by atoms with E-state index in [1.165, 1.54) is 0 Å². The topological polar surface area (TPSA) is 67.8 Å². The van der Waals surface area contributed by atoms with Gasteiger partial charge in [0.25, 0.3) is 0 Å². The van der Waals surface area contributed by atoms with E-state index in [0.29, 0.717) is 24.8 Å². The minimum absolute atomic E-state index is 0.304. The molecule has 0 aliphatic carbocycles. The van der Waals surface area contributed by atoms with Gasteiger partial charge in [-0.05, 0) is 18.4 Å². The Hall–Kier alpha value is -2.28. The first-order valence-electron chi connectivity index (χ1n) is 6.75. The minimum atomic E-state index is -1.46. The standard InChI is InChI=1S/C17H18N2O/c18-14-10-5-3-1-2-4-9-13-17(20,15-19)16-11-7-6-8-12-16/h6-8,11-12,20H,1,3,5,9-10,13H2. The van der Waals surface area contributed by atoms with Gasteiger partial charge >= 0.3 is 0 Å². The van der Waals surface area contributed by atoms with Crippen LogP contribution < -0.4 is 0 Å². The smallest absolute Gasteiger partial charge is 0.177 e. The molecule has 0 saturated carbocycles. The first-order chi connectivity index (χ1) is 9.73. The molecule has 1 aromatic rings. The van der Waals surface area contributed by atoms with Crippen LogP contribution in [0, 0.1) is 34.5 Å². The Morgan fingerprint density at radius 3 is 2.25 bits per heavy atom. The molecule has 1 atom stereocenters. The van der Waals surface area contributed by atoms with E-state index in [1.54, 1.807) is 24.3 Å². The van der Waals surface area contributed by atoms with Crippen LogP contribution in [-0.2, 0) is 5.60 Å². The minimum Gasteiger partial charge on any atom is -0.371 e. The highest BCUT2D eigenvalue weighted by Crippen LogP contribution is 2.25. The monoisotopic (exact) mass is 266 g/mol. The maximum Gasteiger partial charge on any atom is 0.177 e. The number of hydrogen-bond acceptors (Lipinski definition) is 3. The van der Waals surface area contributed by atoms with Crippen molar-refractivity contribution in [2.24, 2.45) is 0 Å². The SMILES string of the molecule is N#CCCCCC#CCCC(O)(C#N)c1ccccc1. The second kappa shape index (κ2) is 8.76. The van der Waals surface area contributed by atoms with Gasteiger partial charge in [-0.2, -0.15) is 10.5 Å². The molecule has 0 bridgehead atoms. The van der Waals surface area contributed by atoms with Crippen LogP contribution in [0.2, 0.25) is 0 Å². The molecule has 0 saturated heterocycles. The number of unbranched alkanes of at least 4 members (excludes halogenated alkanes) is 3. The summed E-state index contributed by atoms with van der Waals surface area (Å²) < 4.78 is 0. The van der Waals surface area contributed by atoms with Gasteiger partial charge in [-0.15, -0.1) is 11.8 Å². The lowest BCUT2D eigenvalue weighted by Crippen LogP contribution is -2.22. The van der Waals surface area contributed by atoms with Gasteiger partial charge in [0.05, 0.1) is 6.07 Å². The summed E-state index contributed by atoms with van der Waals surface area (Å²) in [5.74, 6) is 5.99. The molecular weight excluding hydrogens is 248 g/mol. The molecule has 1 rings (SSSR count). The Morgan fingerprint density at radius 2 is 1.60 bits per heavy atom. The largest absolute Gasteiger partial charge is 0.371 e. The van der Waals surface area contributed by atoms with Crippen molar-refractivity contribution in [2.45, 2.75) is 44.1 Å². The van der Waals surface area contributed by atoms with Crippen molar-refractivity contribution in [1.82, 2.24) is 0 Å². The normalized spacial score (nSPS) is 12.3. The molecule has 0 fully saturated rings. The molecule has 3 heteroatoms. The van der Waals surface area contributed by atoms with E-state index in [4.69, 9.17) is 10.5 Å². The molecule has 3 nitrogen and oxygen atoms in total. The van der Waals surface area contributed by atoms with Crippen molar-refractivity contribution in [2.75, 3.05) is 0 Å². The molecule has 0 aliphatic heterocycles. The van der Waals surface area contributed by atoms with Gasteiger partial charge in [-0.3, -0.25) is 0 Å². The van der Waals surface area contributed by atoms with Crippen molar-refractivity contribution in [1.29, 1.82) is 10.5 Å². The van der Waals surface area contributed by atoms with Crippen molar-refractivity contribution in [3.8, 4) is 24.0 Å². The molecule has 1 aromatic carbocycles. The fourth-order valence-electron chi connectivity index (χ4n) is 1.82. The fourth-order valence-corrected chi connectivity index (χ4v) is 1.82. The van der Waals surface area contributed by atoms with E-state index in [1.807, 2.05) is 12.1 Å². The second-order valence-corrected chi connectivity index (χ2v) is 4.56. The lowest BCUT2D eigenvalue weighted by molar-refractivity contribution is 0.0896. The van der Waals surface area contributed by atoms with Crippen molar-refractivity contribution >= 4 is 0 Å². The Labute approximate surface area is 120 Å². The summed E-state index contributed by atoms with van der Waals surface area (Å²) in [6.07, 6.45) is 3.91. The van der Waals surface area contributed by atoms with Crippen LogP contribution in [-0.4, -0.2) is 5.11 Å². The number of rotatable bonds is 6. The summed E-state index contributed by atoms with van der Waals surface area (Å²) in [4.78, 5) is 0. The molecule has 0 aliphatic rings. The highest BCUT2D eigenvalue weighted by atomic mass is 16.3. The summed E-state index contributed by atoms with van der Waals surface area (Å²) in [5.41, 5.74) is -0.852. The first kappa shape index (κ1) is 15.8. The van der Waals surface area contributed by atoms with Crippen LogP contribution in [0.15, 0.2) is 30.3 Å². The second-order valence-electron chi connectivity index (χ2n) is 4.56. The molecule has 0 amide bonds. The summed E-state index contributed by atoms with van der Waals surface area (Å²) in [6, 6.07) is 13.0. The number of benzene rings is 1. The molecule has 0 aromatic heterocycles. The van der Waals surface area contributed by atoms with E-state index in [0.717, 1.165) is 19.3 Å². The van der Waals surface area contributed by atoms with E-state index in [-0.39, 0.29) is 0 Å². The molecule has 0 heterocycles. The summed E-state index contributed by atoms with van der Waals surface area (Å²) in [7, 11) is 0. The van der Waals surface area contributed by atoms with Crippen LogP contribution >= 0.6 is 0 Å². The predicted octanol–water partition coefficient (Wildman–Crippen LogP) is 3.27. The van der Waals surface area contributed by atoms with Crippen LogP contribution in [0.25, 0.3) is 0 Å². The molecule has 0 radical (unpaired) electrons. The Morgan fingerprint density at radius 1 is 0.950 bits per heavy atom. The Bertz CT molecular complexity index is 542. The Kier molecular flexibility index (Phi) is 6.91. The van der Waals surface area contributed by atoms with E-state index in [9.17, 15) is 5.11 Å². The van der Waals surface area contributed by atoms with Crippen LogP contribution in [0.1, 0.15) is 44.1 Å². The first-order valence-corrected chi connectivity index (χ1v) is 6.75. The van der Waals surface area contributed by atoms with E-state index < -0.39 is 5.60 Å². The third-order valence-corrected chi connectivity index (χ3v) is 3.01. The maximum atomic E-state index is 10.3. The zero-order valence-corrected chi connectivity index (χ0v) is 11.5. The van der Waals surface area contributed by atoms with Gasteiger partial charge in [-0.25, -0.2) is 0 Å². The lowest BCUT2D eigenvalue weighted by atomic mass is 9.91. The zero-order chi connectivity index (χ0) is 14.7.